The molecule has 1 heterocycles. The number of carbonyl (C=O) groups is 3. The average molecular weight is 325 g/mol. The predicted molar refractivity (Wildman–Crippen MR) is 72.1 cm³/mol. The summed E-state index contributed by atoms with van der Waals surface area (Å²) in [5.74, 6) is -1.53. The lowest BCUT2D eigenvalue weighted by atomic mass is 10.2. The van der Waals surface area contributed by atoms with E-state index in [-0.39, 0.29) is 12.6 Å². The van der Waals surface area contributed by atoms with E-state index in [4.69, 9.17) is 0 Å². The van der Waals surface area contributed by atoms with Crippen LogP contribution in [0.4, 0.5) is 4.79 Å². The van der Waals surface area contributed by atoms with Crippen molar-refractivity contribution in [3.05, 3.63) is 34.3 Å². The molecule has 4 amide bonds. The summed E-state index contributed by atoms with van der Waals surface area (Å²) < 4.78 is 0.797. The van der Waals surface area contributed by atoms with Gasteiger partial charge in [0.2, 0.25) is 0 Å². The average Bonchev–Trinajstić information content (AvgIpc) is 2.56. The van der Waals surface area contributed by atoms with E-state index in [9.17, 15) is 14.4 Å². The van der Waals surface area contributed by atoms with Crippen LogP contribution in [0.3, 0.4) is 0 Å². The van der Waals surface area contributed by atoms with Gasteiger partial charge in [-0.15, -0.1) is 0 Å². The Morgan fingerprint density at radius 1 is 1.11 bits per heavy atom. The third-order valence-electron chi connectivity index (χ3n) is 2.89. The molecule has 1 aromatic rings. The first-order valence-corrected chi connectivity index (χ1v) is 6.65. The maximum atomic E-state index is 12.1. The molecule has 2 rings (SSSR count). The van der Waals surface area contributed by atoms with Crippen molar-refractivity contribution in [1.29, 1.82) is 0 Å². The molecule has 0 aliphatic carbocycles. The summed E-state index contributed by atoms with van der Waals surface area (Å²) in [6.07, 6.45) is 0. The Kier molecular flexibility index (Phi) is 3.71. The topological polar surface area (TPSA) is 57.7 Å². The van der Waals surface area contributed by atoms with Crippen LogP contribution in [0.5, 0.6) is 0 Å². The number of carbonyl (C=O) groups excluding carboxylic acids is 3. The van der Waals surface area contributed by atoms with Crippen LogP contribution >= 0.6 is 15.9 Å². The fourth-order valence-corrected chi connectivity index (χ4v) is 2.32. The van der Waals surface area contributed by atoms with Crippen LogP contribution in [-0.2, 0) is 16.1 Å². The minimum Gasteiger partial charge on any atom is -0.263 e. The number of hydrogen-bond donors (Lipinski definition) is 0. The number of benzene rings is 1. The second-order valence-corrected chi connectivity index (χ2v) is 5.39. The van der Waals surface area contributed by atoms with Crippen molar-refractivity contribution in [3.8, 4) is 0 Å². The maximum absolute atomic E-state index is 12.1. The zero-order valence-electron chi connectivity index (χ0n) is 10.6. The molecular weight excluding hydrogens is 312 g/mol. The largest absolute Gasteiger partial charge is 0.334 e. The van der Waals surface area contributed by atoms with Crippen molar-refractivity contribution < 1.29 is 14.4 Å². The molecule has 0 bridgehead atoms. The number of halogens is 1. The second-order valence-electron chi connectivity index (χ2n) is 4.53. The minimum absolute atomic E-state index is 0.0913. The molecule has 0 unspecified atom stereocenters. The van der Waals surface area contributed by atoms with Crippen LogP contribution in [0.15, 0.2) is 28.7 Å². The van der Waals surface area contributed by atoms with Crippen molar-refractivity contribution in [2.75, 3.05) is 0 Å². The van der Waals surface area contributed by atoms with Gasteiger partial charge < -0.3 is 0 Å². The van der Waals surface area contributed by atoms with E-state index >= 15 is 0 Å². The number of hydrogen-bond acceptors (Lipinski definition) is 3. The van der Waals surface area contributed by atoms with Gasteiger partial charge in [-0.1, -0.05) is 34.1 Å². The summed E-state index contributed by atoms with van der Waals surface area (Å²) >= 11 is 3.35. The highest BCUT2D eigenvalue weighted by atomic mass is 79.9. The molecule has 0 atom stereocenters. The van der Waals surface area contributed by atoms with Gasteiger partial charge in [0.1, 0.15) is 0 Å². The molecule has 1 saturated heterocycles. The first kappa shape index (κ1) is 13.7. The monoisotopic (exact) mass is 324 g/mol. The smallest absolute Gasteiger partial charge is 0.263 e. The lowest BCUT2D eigenvalue weighted by molar-refractivity contribution is -0.144. The highest BCUT2D eigenvalue weighted by molar-refractivity contribution is 9.10. The van der Waals surface area contributed by atoms with Crippen LogP contribution in [0.25, 0.3) is 0 Å². The maximum Gasteiger partial charge on any atom is 0.334 e. The van der Waals surface area contributed by atoms with E-state index in [0.717, 1.165) is 19.8 Å². The summed E-state index contributed by atoms with van der Waals surface area (Å²) in [7, 11) is 0. The normalized spacial score (nSPS) is 15.9. The Bertz CT molecular complexity index is 557. The third-order valence-corrected chi connectivity index (χ3v) is 3.66. The van der Waals surface area contributed by atoms with Crippen LogP contribution < -0.4 is 0 Å². The summed E-state index contributed by atoms with van der Waals surface area (Å²) in [6.45, 7) is 3.49. The molecule has 0 radical (unpaired) electrons. The van der Waals surface area contributed by atoms with E-state index in [1.165, 1.54) is 0 Å². The Balaban J connectivity index is 2.27. The van der Waals surface area contributed by atoms with E-state index in [0.29, 0.717) is 0 Å². The number of amides is 4. The van der Waals surface area contributed by atoms with Crippen LogP contribution in [0, 0.1) is 0 Å². The van der Waals surface area contributed by atoms with Gasteiger partial charge in [-0.2, -0.15) is 0 Å². The highest BCUT2D eigenvalue weighted by Crippen LogP contribution is 2.22. The summed E-state index contributed by atoms with van der Waals surface area (Å²) in [4.78, 5) is 37.6. The zero-order valence-corrected chi connectivity index (χ0v) is 12.2. The van der Waals surface area contributed by atoms with Crippen molar-refractivity contribution >= 4 is 33.8 Å². The van der Waals surface area contributed by atoms with Crippen molar-refractivity contribution in [3.63, 3.8) is 0 Å². The number of rotatable bonds is 3. The van der Waals surface area contributed by atoms with Gasteiger partial charge in [0, 0.05) is 10.5 Å². The standard InChI is InChI=1S/C13H13BrN2O3/c1-8(2)16-12(18)11(17)15(13(16)19)7-9-5-3-4-6-10(9)14/h3-6,8H,7H2,1-2H3. The summed E-state index contributed by atoms with van der Waals surface area (Å²) in [6, 6.07) is 6.39. The van der Waals surface area contributed by atoms with Gasteiger partial charge >= 0.3 is 17.8 Å². The Morgan fingerprint density at radius 3 is 2.26 bits per heavy atom. The molecule has 5 nitrogen and oxygen atoms in total. The van der Waals surface area contributed by atoms with Crippen LogP contribution in [0.1, 0.15) is 19.4 Å². The molecule has 1 aromatic carbocycles. The molecule has 100 valence electrons. The molecule has 1 aliphatic rings. The molecule has 1 aliphatic heterocycles. The summed E-state index contributed by atoms with van der Waals surface area (Å²) in [5.41, 5.74) is 0.780. The molecule has 6 heteroatoms. The third kappa shape index (κ3) is 2.40. The van der Waals surface area contributed by atoms with Gasteiger partial charge in [-0.05, 0) is 25.5 Å². The zero-order chi connectivity index (χ0) is 14.2. The summed E-state index contributed by atoms with van der Waals surface area (Å²) in [5, 5.41) is 0. The van der Waals surface area contributed by atoms with E-state index in [2.05, 4.69) is 15.9 Å². The quantitative estimate of drug-likeness (QED) is 0.632. The van der Waals surface area contributed by atoms with Crippen molar-refractivity contribution in [2.24, 2.45) is 0 Å². The lowest BCUT2D eigenvalue weighted by Crippen LogP contribution is -2.37. The van der Waals surface area contributed by atoms with E-state index in [1.54, 1.807) is 19.9 Å². The molecular formula is C13H13BrN2O3. The molecule has 0 saturated carbocycles. The van der Waals surface area contributed by atoms with Gasteiger partial charge in [-0.3, -0.25) is 19.4 Å². The molecule has 0 spiro atoms. The molecule has 1 fully saturated rings. The van der Waals surface area contributed by atoms with E-state index in [1.807, 2.05) is 18.2 Å². The van der Waals surface area contributed by atoms with Gasteiger partial charge in [0.05, 0.1) is 6.54 Å². The predicted octanol–water partition coefficient (Wildman–Crippen LogP) is 2.15. The first-order valence-electron chi connectivity index (χ1n) is 5.86. The number of imide groups is 2. The fraction of sp³-hybridized carbons (Fsp3) is 0.308. The fourth-order valence-electron chi connectivity index (χ4n) is 1.91. The van der Waals surface area contributed by atoms with Crippen LogP contribution in [0.2, 0.25) is 0 Å². The number of nitrogens with zero attached hydrogens (tertiary/aromatic N) is 2. The number of urea groups is 1. The second kappa shape index (κ2) is 5.13. The van der Waals surface area contributed by atoms with Crippen molar-refractivity contribution in [1.82, 2.24) is 9.80 Å². The minimum atomic E-state index is -0.769. The molecule has 0 N–H and O–H groups in total. The van der Waals surface area contributed by atoms with Gasteiger partial charge in [0.25, 0.3) is 0 Å². The Morgan fingerprint density at radius 2 is 1.74 bits per heavy atom. The van der Waals surface area contributed by atoms with Crippen LogP contribution in [-0.4, -0.2) is 33.7 Å². The highest BCUT2D eigenvalue weighted by Gasteiger charge is 2.45. The Labute approximate surface area is 119 Å². The van der Waals surface area contributed by atoms with Gasteiger partial charge in [-0.25, -0.2) is 4.79 Å². The van der Waals surface area contributed by atoms with E-state index < -0.39 is 17.8 Å². The van der Waals surface area contributed by atoms with Crippen molar-refractivity contribution in [2.45, 2.75) is 26.4 Å². The SMILES string of the molecule is CC(C)N1C(=O)C(=O)N(Cc2ccccc2Br)C1=O. The molecule has 0 aromatic heterocycles. The lowest BCUT2D eigenvalue weighted by Gasteiger charge is -2.18. The first-order chi connectivity index (χ1) is 8.93. The molecule has 19 heavy (non-hydrogen) atoms. The van der Waals surface area contributed by atoms with Gasteiger partial charge in [0.15, 0.2) is 0 Å². The Hall–Kier alpha value is -1.69.